The summed E-state index contributed by atoms with van der Waals surface area (Å²) in [5.74, 6) is -1.38. The molecule has 1 fully saturated rings. The summed E-state index contributed by atoms with van der Waals surface area (Å²) in [5.41, 5.74) is 4.56. The second-order valence-electron chi connectivity index (χ2n) is 9.74. The summed E-state index contributed by atoms with van der Waals surface area (Å²) in [6, 6.07) is 15.3. The van der Waals surface area contributed by atoms with Gasteiger partial charge in [0.2, 0.25) is 5.91 Å². The standard InChI is InChI=1S/C28H34N2O5/c1-3-17(2)26(27(33)29-24-14-8-9-18(24)15-25(31)32)30-28(34)35-16-23-21-12-6-4-10-19(21)20-11-5-7-13-22(20)23/h4-7,10-13,17-18,23-24,26H,3,8-9,14-16H2,1-2H3,(H,29,33)(H,30,34)(H,31,32). The largest absolute Gasteiger partial charge is 0.481 e. The maximum atomic E-state index is 13.1. The van der Waals surface area contributed by atoms with Gasteiger partial charge in [0.15, 0.2) is 0 Å². The fraction of sp³-hybridized carbons (Fsp3) is 0.464. The number of aliphatic carboxylic acids is 1. The van der Waals surface area contributed by atoms with Gasteiger partial charge in [-0.15, -0.1) is 0 Å². The second kappa shape index (κ2) is 10.9. The van der Waals surface area contributed by atoms with E-state index < -0.39 is 18.1 Å². The second-order valence-corrected chi connectivity index (χ2v) is 9.74. The molecule has 7 nitrogen and oxygen atoms in total. The minimum atomic E-state index is -0.855. The lowest BCUT2D eigenvalue weighted by Gasteiger charge is -2.27. The molecule has 35 heavy (non-hydrogen) atoms. The van der Waals surface area contributed by atoms with Crippen molar-refractivity contribution in [3.8, 4) is 11.1 Å². The van der Waals surface area contributed by atoms with Crippen molar-refractivity contribution in [3.63, 3.8) is 0 Å². The average Bonchev–Trinajstić information content (AvgIpc) is 3.41. The summed E-state index contributed by atoms with van der Waals surface area (Å²) in [7, 11) is 0. The zero-order valence-corrected chi connectivity index (χ0v) is 20.3. The van der Waals surface area contributed by atoms with Crippen LogP contribution in [0.15, 0.2) is 48.5 Å². The maximum absolute atomic E-state index is 13.1. The van der Waals surface area contributed by atoms with Crippen LogP contribution in [0.5, 0.6) is 0 Å². The molecule has 2 aliphatic rings. The molecular formula is C28H34N2O5. The monoisotopic (exact) mass is 478 g/mol. The van der Waals surface area contributed by atoms with Crippen molar-refractivity contribution in [1.82, 2.24) is 10.6 Å². The van der Waals surface area contributed by atoms with E-state index in [0.717, 1.165) is 41.5 Å². The normalized spacial score (nSPS) is 20.4. The van der Waals surface area contributed by atoms with E-state index in [9.17, 15) is 14.4 Å². The van der Waals surface area contributed by atoms with Crippen LogP contribution in [0, 0.1) is 11.8 Å². The fourth-order valence-electron chi connectivity index (χ4n) is 5.44. The Morgan fingerprint density at radius 3 is 2.26 bits per heavy atom. The predicted octanol–water partition coefficient (Wildman–Crippen LogP) is 4.70. The topological polar surface area (TPSA) is 105 Å². The number of benzene rings is 2. The molecular weight excluding hydrogens is 444 g/mol. The Morgan fingerprint density at radius 1 is 1.03 bits per heavy atom. The van der Waals surface area contributed by atoms with Gasteiger partial charge in [-0.1, -0.05) is 75.2 Å². The number of amides is 2. The van der Waals surface area contributed by atoms with E-state index in [-0.39, 0.29) is 42.7 Å². The van der Waals surface area contributed by atoms with Crippen LogP contribution in [0.3, 0.4) is 0 Å². The first-order chi connectivity index (χ1) is 16.9. The molecule has 1 saturated carbocycles. The Bertz CT molecular complexity index is 1040. The van der Waals surface area contributed by atoms with Crippen LogP contribution in [-0.2, 0) is 14.3 Å². The number of carboxylic acids is 1. The van der Waals surface area contributed by atoms with Gasteiger partial charge in [0, 0.05) is 12.0 Å². The highest BCUT2D eigenvalue weighted by Crippen LogP contribution is 2.44. The van der Waals surface area contributed by atoms with Crippen LogP contribution in [-0.4, -0.2) is 41.8 Å². The Labute approximate surface area is 206 Å². The maximum Gasteiger partial charge on any atom is 0.407 e. The third-order valence-corrected chi connectivity index (χ3v) is 7.54. The highest BCUT2D eigenvalue weighted by Gasteiger charge is 2.35. The van der Waals surface area contributed by atoms with Gasteiger partial charge in [-0.25, -0.2) is 4.79 Å². The van der Waals surface area contributed by atoms with Crippen LogP contribution >= 0.6 is 0 Å². The van der Waals surface area contributed by atoms with Crippen molar-refractivity contribution in [1.29, 1.82) is 0 Å². The SMILES string of the molecule is CCC(C)C(NC(=O)OCC1c2ccccc2-c2ccccc21)C(=O)NC1CCCC1CC(=O)O. The number of carbonyl (C=O) groups is 3. The minimum Gasteiger partial charge on any atom is -0.481 e. The number of ether oxygens (including phenoxy) is 1. The number of carboxylic acid groups (broad SMARTS) is 1. The molecule has 0 spiro atoms. The van der Waals surface area contributed by atoms with Gasteiger partial charge >= 0.3 is 12.1 Å². The van der Waals surface area contributed by atoms with Gasteiger partial charge in [-0.05, 0) is 46.9 Å². The summed E-state index contributed by atoms with van der Waals surface area (Å²) >= 11 is 0. The number of alkyl carbamates (subject to hydrolysis) is 1. The van der Waals surface area contributed by atoms with E-state index in [2.05, 4.69) is 34.9 Å². The number of hydrogen-bond acceptors (Lipinski definition) is 4. The molecule has 4 atom stereocenters. The third-order valence-electron chi connectivity index (χ3n) is 7.54. The molecule has 2 aromatic rings. The van der Waals surface area contributed by atoms with E-state index in [1.165, 1.54) is 0 Å². The lowest BCUT2D eigenvalue weighted by molar-refractivity contribution is -0.138. The predicted molar refractivity (Wildman–Crippen MR) is 133 cm³/mol. The molecule has 0 aromatic heterocycles. The van der Waals surface area contributed by atoms with Crippen molar-refractivity contribution in [2.75, 3.05) is 6.61 Å². The summed E-state index contributed by atoms with van der Waals surface area (Å²) in [6.45, 7) is 4.06. The molecule has 0 radical (unpaired) electrons. The molecule has 0 bridgehead atoms. The average molecular weight is 479 g/mol. The summed E-state index contributed by atoms with van der Waals surface area (Å²) < 4.78 is 5.65. The highest BCUT2D eigenvalue weighted by atomic mass is 16.5. The number of carbonyl (C=O) groups excluding carboxylic acids is 2. The van der Waals surface area contributed by atoms with Gasteiger partial charge in [-0.3, -0.25) is 9.59 Å². The smallest absolute Gasteiger partial charge is 0.407 e. The molecule has 4 unspecified atom stereocenters. The fourth-order valence-corrected chi connectivity index (χ4v) is 5.44. The molecule has 0 heterocycles. The van der Waals surface area contributed by atoms with Crippen LogP contribution in [0.1, 0.15) is 63.0 Å². The molecule has 2 aliphatic carbocycles. The number of nitrogens with one attached hydrogen (secondary N) is 2. The first-order valence-corrected chi connectivity index (χ1v) is 12.5. The van der Waals surface area contributed by atoms with E-state index in [1.807, 2.05) is 38.1 Å². The van der Waals surface area contributed by atoms with Crippen molar-refractivity contribution < 1.29 is 24.2 Å². The Kier molecular flexibility index (Phi) is 7.73. The first-order valence-electron chi connectivity index (χ1n) is 12.5. The molecule has 0 saturated heterocycles. The minimum absolute atomic E-state index is 0.0404. The van der Waals surface area contributed by atoms with Crippen molar-refractivity contribution >= 4 is 18.0 Å². The van der Waals surface area contributed by atoms with Gasteiger partial charge in [0.1, 0.15) is 12.6 Å². The Hall–Kier alpha value is -3.35. The van der Waals surface area contributed by atoms with Crippen molar-refractivity contribution in [2.24, 2.45) is 11.8 Å². The zero-order valence-electron chi connectivity index (χ0n) is 20.3. The molecule has 2 aromatic carbocycles. The van der Waals surface area contributed by atoms with Crippen molar-refractivity contribution in [2.45, 2.75) is 64.0 Å². The van der Waals surface area contributed by atoms with E-state index >= 15 is 0 Å². The summed E-state index contributed by atoms with van der Waals surface area (Å²) in [6.07, 6.45) is 2.54. The van der Waals surface area contributed by atoms with Gasteiger partial charge < -0.3 is 20.5 Å². The summed E-state index contributed by atoms with van der Waals surface area (Å²) in [5, 5.41) is 15.0. The van der Waals surface area contributed by atoms with Gasteiger partial charge in [0.25, 0.3) is 0 Å². The molecule has 0 aliphatic heterocycles. The first kappa shape index (κ1) is 24.8. The lowest BCUT2D eigenvalue weighted by atomic mass is 9.96. The summed E-state index contributed by atoms with van der Waals surface area (Å²) in [4.78, 5) is 37.1. The van der Waals surface area contributed by atoms with Crippen LogP contribution in [0.2, 0.25) is 0 Å². The molecule has 7 heteroatoms. The number of fused-ring (bicyclic) bond motifs is 3. The lowest BCUT2D eigenvalue weighted by Crippen LogP contribution is -2.53. The number of rotatable bonds is 9. The molecule has 3 N–H and O–H groups in total. The van der Waals surface area contributed by atoms with E-state index in [4.69, 9.17) is 9.84 Å². The quantitative estimate of drug-likeness (QED) is 0.485. The Morgan fingerprint density at radius 2 is 1.66 bits per heavy atom. The van der Waals surface area contributed by atoms with Crippen LogP contribution in [0.25, 0.3) is 11.1 Å². The van der Waals surface area contributed by atoms with Crippen molar-refractivity contribution in [3.05, 3.63) is 59.7 Å². The highest BCUT2D eigenvalue weighted by molar-refractivity contribution is 5.86. The van der Waals surface area contributed by atoms with Crippen LogP contribution in [0.4, 0.5) is 4.79 Å². The third kappa shape index (κ3) is 5.50. The van der Waals surface area contributed by atoms with Gasteiger partial charge in [-0.2, -0.15) is 0 Å². The van der Waals surface area contributed by atoms with Crippen LogP contribution < -0.4 is 10.6 Å². The Balaban J connectivity index is 1.40. The van der Waals surface area contributed by atoms with E-state index in [1.54, 1.807) is 0 Å². The van der Waals surface area contributed by atoms with E-state index in [0.29, 0.717) is 6.42 Å². The number of hydrogen-bond donors (Lipinski definition) is 3. The molecule has 186 valence electrons. The molecule has 2 amide bonds. The van der Waals surface area contributed by atoms with Gasteiger partial charge in [0.05, 0.1) is 6.42 Å². The zero-order chi connectivity index (χ0) is 24.9. The molecule has 4 rings (SSSR count).